The molecule has 1 unspecified atom stereocenters. The first kappa shape index (κ1) is 21.2. The zero-order valence-electron chi connectivity index (χ0n) is 17.0. The van der Waals surface area contributed by atoms with Gasteiger partial charge in [-0.05, 0) is 27.1 Å². The first-order valence-corrected chi connectivity index (χ1v) is 9.64. The number of nitriles is 1. The Morgan fingerprint density at radius 3 is 2.11 bits per heavy atom. The highest BCUT2D eigenvalue weighted by Crippen LogP contribution is 2.05. The van der Waals surface area contributed by atoms with E-state index >= 15 is 0 Å². The number of hydrogen-bond donors (Lipinski definition) is 0. The molecule has 0 radical (unpaired) electrons. The summed E-state index contributed by atoms with van der Waals surface area (Å²) in [6.07, 6.45) is 8.28. The van der Waals surface area contributed by atoms with Crippen LogP contribution in [0.4, 0.5) is 0 Å². The second-order valence-electron chi connectivity index (χ2n) is 7.08. The Balaban J connectivity index is 0.000000237. The van der Waals surface area contributed by atoms with E-state index in [9.17, 15) is 0 Å². The molecule has 0 fully saturated rings. The Kier molecular flexibility index (Phi) is 8.30. The molecular formula is C24H28BN3. The van der Waals surface area contributed by atoms with Crippen LogP contribution in [0.1, 0.15) is 18.1 Å². The summed E-state index contributed by atoms with van der Waals surface area (Å²) in [5.41, 5.74) is 5.53. The van der Waals surface area contributed by atoms with Gasteiger partial charge in [0.1, 0.15) is 0 Å². The van der Waals surface area contributed by atoms with Gasteiger partial charge in [-0.15, -0.1) is 6.58 Å². The van der Waals surface area contributed by atoms with Crippen molar-refractivity contribution in [1.82, 2.24) is 9.55 Å². The average molecular weight is 369 g/mol. The molecule has 1 heterocycles. The topological polar surface area (TPSA) is 41.6 Å². The van der Waals surface area contributed by atoms with E-state index in [2.05, 4.69) is 80.0 Å². The first-order valence-electron chi connectivity index (χ1n) is 9.64. The van der Waals surface area contributed by atoms with Gasteiger partial charge in [0.05, 0.1) is 18.3 Å². The van der Waals surface area contributed by atoms with Crippen molar-refractivity contribution < 1.29 is 0 Å². The summed E-state index contributed by atoms with van der Waals surface area (Å²) in [5, 5.41) is 8.45. The predicted octanol–water partition coefficient (Wildman–Crippen LogP) is 4.14. The lowest BCUT2D eigenvalue weighted by Gasteiger charge is -2.17. The van der Waals surface area contributed by atoms with Crippen LogP contribution in [0.15, 0.2) is 79.9 Å². The summed E-state index contributed by atoms with van der Waals surface area (Å²) in [6.45, 7) is 11.3. The van der Waals surface area contributed by atoms with E-state index in [0.717, 1.165) is 12.9 Å². The van der Waals surface area contributed by atoms with Crippen molar-refractivity contribution in [3.05, 3.63) is 91.0 Å². The van der Waals surface area contributed by atoms with Crippen LogP contribution in [-0.4, -0.2) is 16.3 Å². The summed E-state index contributed by atoms with van der Waals surface area (Å²) < 4.78 is 1.90. The number of hydrogen-bond acceptors (Lipinski definition) is 2. The molecule has 142 valence electrons. The van der Waals surface area contributed by atoms with Crippen molar-refractivity contribution >= 4 is 17.6 Å². The molecule has 3 nitrogen and oxygen atoms in total. The molecule has 0 amide bonds. The zero-order chi connectivity index (χ0) is 20.4. The molecule has 0 spiro atoms. The first-order chi connectivity index (χ1) is 13.6. The maximum Gasteiger partial charge on any atom is 0.213 e. The Labute approximate surface area is 169 Å². The Bertz CT molecular complexity index is 864. The minimum absolute atomic E-state index is 0.0641. The highest BCUT2D eigenvalue weighted by molar-refractivity contribution is 6.86. The molecule has 4 heteroatoms. The van der Waals surface area contributed by atoms with Gasteiger partial charge in [0, 0.05) is 18.9 Å². The lowest BCUT2D eigenvalue weighted by atomic mass is 9.37. The molecule has 0 bridgehead atoms. The van der Waals surface area contributed by atoms with Gasteiger partial charge in [0.25, 0.3) is 0 Å². The van der Waals surface area contributed by atoms with E-state index in [1.165, 1.54) is 22.1 Å². The fourth-order valence-corrected chi connectivity index (χ4v) is 3.30. The number of imidazole rings is 1. The van der Waals surface area contributed by atoms with Gasteiger partial charge in [-0.1, -0.05) is 76.7 Å². The van der Waals surface area contributed by atoms with E-state index in [4.69, 9.17) is 5.26 Å². The zero-order valence-corrected chi connectivity index (χ0v) is 17.0. The van der Waals surface area contributed by atoms with Crippen LogP contribution in [0.25, 0.3) is 0 Å². The molecule has 0 aliphatic carbocycles. The lowest BCUT2D eigenvalue weighted by molar-refractivity contribution is 0.580. The summed E-state index contributed by atoms with van der Waals surface area (Å²) >= 11 is 0. The Morgan fingerprint density at radius 1 is 1.11 bits per heavy atom. The summed E-state index contributed by atoms with van der Waals surface area (Å²) in [4.78, 5) is 3.86. The molecule has 3 rings (SSSR count). The van der Waals surface area contributed by atoms with Crippen molar-refractivity contribution in [2.45, 2.75) is 33.6 Å². The van der Waals surface area contributed by atoms with Gasteiger partial charge in [-0.25, -0.2) is 4.98 Å². The number of benzene rings is 2. The second kappa shape index (κ2) is 10.9. The third-order valence-corrected chi connectivity index (χ3v) is 4.79. The molecule has 2 aromatic carbocycles. The van der Waals surface area contributed by atoms with Crippen LogP contribution < -0.4 is 10.9 Å². The lowest BCUT2D eigenvalue weighted by Crippen LogP contribution is -2.44. The molecule has 0 aliphatic heterocycles. The molecule has 0 aliphatic rings. The van der Waals surface area contributed by atoms with E-state index in [-0.39, 0.29) is 5.92 Å². The minimum Gasteiger partial charge on any atom is -0.336 e. The average Bonchev–Trinajstić information content (AvgIpc) is 3.21. The van der Waals surface area contributed by atoms with Crippen molar-refractivity contribution in [3.8, 4) is 6.07 Å². The molecule has 28 heavy (non-hydrogen) atoms. The number of rotatable bonds is 6. The summed E-state index contributed by atoms with van der Waals surface area (Å²) in [6, 6.07) is 19.4. The van der Waals surface area contributed by atoms with Crippen molar-refractivity contribution in [1.29, 1.82) is 5.26 Å². The van der Waals surface area contributed by atoms with Gasteiger partial charge in [0.15, 0.2) is 0 Å². The SMILES string of the molecule is C=CCB(c1ccccc1C)c1ccccc1C.CC(C#N)Cn1ccnc1. The van der Waals surface area contributed by atoms with Crippen molar-refractivity contribution in [2.75, 3.05) is 0 Å². The van der Waals surface area contributed by atoms with Gasteiger partial charge in [-0.3, -0.25) is 0 Å². The largest absolute Gasteiger partial charge is 0.336 e. The van der Waals surface area contributed by atoms with Crippen LogP contribution in [-0.2, 0) is 6.54 Å². The monoisotopic (exact) mass is 369 g/mol. The molecular weight excluding hydrogens is 341 g/mol. The molecule has 0 saturated heterocycles. The molecule has 0 saturated carbocycles. The van der Waals surface area contributed by atoms with E-state index < -0.39 is 0 Å². The summed E-state index contributed by atoms with van der Waals surface area (Å²) in [5.74, 6) is 0.0641. The van der Waals surface area contributed by atoms with Gasteiger partial charge in [0.2, 0.25) is 6.71 Å². The highest BCUT2D eigenvalue weighted by Gasteiger charge is 2.20. The summed E-state index contributed by atoms with van der Waals surface area (Å²) in [7, 11) is 0. The predicted molar refractivity (Wildman–Crippen MR) is 119 cm³/mol. The third kappa shape index (κ3) is 5.99. The van der Waals surface area contributed by atoms with Crippen LogP contribution in [0.2, 0.25) is 6.32 Å². The third-order valence-electron chi connectivity index (χ3n) is 4.79. The Morgan fingerprint density at radius 2 is 1.68 bits per heavy atom. The van der Waals surface area contributed by atoms with Gasteiger partial charge < -0.3 is 4.57 Å². The second-order valence-corrected chi connectivity index (χ2v) is 7.08. The van der Waals surface area contributed by atoms with Crippen LogP contribution >= 0.6 is 0 Å². The van der Waals surface area contributed by atoms with Crippen molar-refractivity contribution in [2.24, 2.45) is 5.92 Å². The molecule has 1 atom stereocenters. The minimum atomic E-state index is 0.0641. The fraction of sp³-hybridized carbons (Fsp3) is 0.250. The van der Waals surface area contributed by atoms with Gasteiger partial charge >= 0.3 is 0 Å². The Hall–Kier alpha value is -3.06. The molecule has 0 N–H and O–H groups in total. The maximum atomic E-state index is 8.45. The van der Waals surface area contributed by atoms with E-state index in [1.54, 1.807) is 12.5 Å². The quantitative estimate of drug-likeness (QED) is 0.484. The van der Waals surface area contributed by atoms with Gasteiger partial charge in [-0.2, -0.15) is 5.26 Å². The highest BCUT2D eigenvalue weighted by atomic mass is 15.0. The van der Waals surface area contributed by atoms with Crippen LogP contribution in [0.5, 0.6) is 0 Å². The van der Waals surface area contributed by atoms with Crippen LogP contribution in [0.3, 0.4) is 0 Å². The van der Waals surface area contributed by atoms with Crippen molar-refractivity contribution in [3.63, 3.8) is 0 Å². The molecule has 3 aromatic rings. The number of aryl methyl sites for hydroxylation is 2. The van der Waals surface area contributed by atoms with E-state index in [1.807, 2.05) is 23.8 Å². The van der Waals surface area contributed by atoms with E-state index in [0.29, 0.717) is 6.71 Å². The number of allylic oxidation sites excluding steroid dienone is 1. The number of nitrogens with zero attached hydrogens (tertiary/aromatic N) is 3. The standard InChI is InChI=1S/C17H19B.C7H9N3/c1-4-13-18(16-11-7-5-9-14(16)2)17-12-8-6-10-15(17)3;1-7(4-8)5-10-3-2-9-6-10/h4-12H,1,13H2,2-3H3;2-3,6-7H,5H2,1H3. The maximum absolute atomic E-state index is 8.45. The smallest absolute Gasteiger partial charge is 0.213 e. The normalized spacial score (nSPS) is 10.9. The fourth-order valence-electron chi connectivity index (χ4n) is 3.30. The van der Waals surface area contributed by atoms with Crippen LogP contribution in [0, 0.1) is 31.1 Å². The number of aromatic nitrogens is 2. The molecule has 1 aromatic heterocycles.